The summed E-state index contributed by atoms with van der Waals surface area (Å²) >= 11 is 0. The Labute approximate surface area is 376 Å². The van der Waals surface area contributed by atoms with Crippen molar-refractivity contribution in [2.75, 3.05) is 0 Å². The van der Waals surface area contributed by atoms with Gasteiger partial charge in [0.25, 0.3) is 0 Å². The van der Waals surface area contributed by atoms with Gasteiger partial charge in [0.05, 0.1) is 27.8 Å². The number of para-hydroxylation sites is 3. The predicted molar refractivity (Wildman–Crippen MR) is 268 cm³/mol. The summed E-state index contributed by atoms with van der Waals surface area (Å²) in [5.41, 5.74) is 16.6. The Hall–Kier alpha value is -8.41. The fraction of sp³-hybridized carbons (Fsp3) is 0.0500. The molecule has 0 N–H and O–H groups in total. The lowest BCUT2D eigenvalue weighted by Crippen LogP contribution is -2.17. The zero-order valence-corrected chi connectivity index (χ0v) is 35.9. The largest absolute Gasteiger partial charge is 0.306 e. The van der Waals surface area contributed by atoms with Crippen molar-refractivity contribution in [1.82, 2.24) is 24.1 Å². The standard InChI is InChI=1S/C60H41N5/c1-60(2)50-33-15-12-26-43(50)46-31-19-32-49(53(46)60)58-61-57(40-24-10-5-11-25-40)62-59(63-58)65-52-35-17-14-28-45(52)48-37-36-47-44-27-13-16-34-51(44)64(55(47)56(48)65)54-41(38-20-6-3-7-21-38)29-18-30-42(54)39-22-8-4-9-23-39/h3-37H,1-2H3. The van der Waals surface area contributed by atoms with E-state index in [2.05, 4.69) is 229 Å². The molecular formula is C60H41N5. The van der Waals surface area contributed by atoms with Gasteiger partial charge in [0.2, 0.25) is 5.95 Å². The summed E-state index contributed by atoms with van der Waals surface area (Å²) in [7, 11) is 0. The van der Waals surface area contributed by atoms with E-state index in [4.69, 9.17) is 15.0 Å². The molecule has 1 aliphatic rings. The molecule has 0 bridgehead atoms. The highest BCUT2D eigenvalue weighted by atomic mass is 15.2. The van der Waals surface area contributed by atoms with E-state index in [0.717, 1.165) is 77.3 Å². The Balaban J connectivity index is 1.19. The SMILES string of the molecule is CC1(C)c2ccccc2-c2cccc(-c3nc(-c4ccccc4)nc(-n4c5ccccc5c5ccc6c7ccccc7n(-c7c(-c8ccccc8)cccc7-c7ccccc7)c6c54)n3)c21. The monoisotopic (exact) mass is 831 g/mol. The summed E-state index contributed by atoms with van der Waals surface area (Å²) in [6.07, 6.45) is 0. The number of hydrogen-bond acceptors (Lipinski definition) is 3. The van der Waals surface area contributed by atoms with Crippen LogP contribution in [0.2, 0.25) is 0 Å². The van der Waals surface area contributed by atoms with E-state index >= 15 is 0 Å². The van der Waals surface area contributed by atoms with Gasteiger partial charge in [-0.05, 0) is 45.5 Å². The summed E-state index contributed by atoms with van der Waals surface area (Å²) in [5.74, 6) is 1.83. The van der Waals surface area contributed by atoms with Crippen LogP contribution in [0.1, 0.15) is 25.0 Å². The van der Waals surface area contributed by atoms with Crippen molar-refractivity contribution in [2.45, 2.75) is 19.3 Å². The molecule has 12 aromatic rings. The third-order valence-corrected chi connectivity index (χ3v) is 13.6. The molecule has 0 radical (unpaired) electrons. The van der Waals surface area contributed by atoms with E-state index in [9.17, 15) is 0 Å². The predicted octanol–water partition coefficient (Wildman–Crippen LogP) is 15.0. The topological polar surface area (TPSA) is 48.5 Å². The summed E-state index contributed by atoms with van der Waals surface area (Å²) < 4.78 is 4.81. The minimum atomic E-state index is -0.273. The minimum absolute atomic E-state index is 0.273. The van der Waals surface area contributed by atoms with Crippen molar-refractivity contribution >= 4 is 43.6 Å². The molecule has 5 heteroatoms. The van der Waals surface area contributed by atoms with Crippen molar-refractivity contribution in [2.24, 2.45) is 0 Å². The van der Waals surface area contributed by atoms with Crippen molar-refractivity contribution in [3.63, 3.8) is 0 Å². The summed E-state index contributed by atoms with van der Waals surface area (Å²) in [6.45, 7) is 4.64. The lowest BCUT2D eigenvalue weighted by molar-refractivity contribution is 0.661. The third kappa shape index (κ3) is 5.55. The summed E-state index contributed by atoms with van der Waals surface area (Å²) in [5, 5.41) is 4.57. The normalized spacial score (nSPS) is 12.9. The van der Waals surface area contributed by atoms with Crippen molar-refractivity contribution in [3.05, 3.63) is 223 Å². The van der Waals surface area contributed by atoms with Crippen LogP contribution in [0.4, 0.5) is 0 Å². The van der Waals surface area contributed by atoms with Gasteiger partial charge in [-0.15, -0.1) is 0 Å². The fourth-order valence-corrected chi connectivity index (χ4v) is 10.8. The lowest BCUT2D eigenvalue weighted by Gasteiger charge is -2.24. The van der Waals surface area contributed by atoms with Gasteiger partial charge in [0, 0.05) is 49.2 Å². The number of rotatable bonds is 6. The van der Waals surface area contributed by atoms with Crippen LogP contribution in [0, 0.1) is 0 Å². The Kier molecular flexibility index (Phi) is 8.18. The van der Waals surface area contributed by atoms with Crippen LogP contribution in [0.25, 0.3) is 111 Å². The Bertz CT molecular complexity index is 3790. The molecule has 3 heterocycles. The maximum absolute atomic E-state index is 5.60. The van der Waals surface area contributed by atoms with E-state index in [0.29, 0.717) is 17.6 Å². The molecule has 0 aliphatic heterocycles. The quantitative estimate of drug-likeness (QED) is 0.168. The number of benzene rings is 9. The molecule has 0 atom stereocenters. The molecular weight excluding hydrogens is 791 g/mol. The summed E-state index contributed by atoms with van der Waals surface area (Å²) in [6, 6.07) is 76.0. The first kappa shape index (κ1) is 37.2. The first-order valence-electron chi connectivity index (χ1n) is 22.3. The Morgan fingerprint density at radius 2 is 0.800 bits per heavy atom. The second-order valence-electron chi connectivity index (χ2n) is 17.5. The zero-order chi connectivity index (χ0) is 43.2. The van der Waals surface area contributed by atoms with Gasteiger partial charge in [-0.1, -0.05) is 214 Å². The van der Waals surface area contributed by atoms with Gasteiger partial charge < -0.3 is 4.57 Å². The average molecular weight is 832 g/mol. The molecule has 13 rings (SSSR count). The fourth-order valence-electron chi connectivity index (χ4n) is 10.8. The Morgan fingerprint density at radius 1 is 0.338 bits per heavy atom. The number of nitrogens with zero attached hydrogens (tertiary/aromatic N) is 5. The summed E-state index contributed by atoms with van der Waals surface area (Å²) in [4.78, 5) is 16.4. The van der Waals surface area contributed by atoms with E-state index in [1.165, 1.54) is 27.6 Å². The molecule has 0 fully saturated rings. The van der Waals surface area contributed by atoms with E-state index in [1.807, 2.05) is 6.07 Å². The van der Waals surface area contributed by atoms with E-state index in [1.54, 1.807) is 0 Å². The molecule has 306 valence electrons. The molecule has 0 saturated heterocycles. The van der Waals surface area contributed by atoms with Gasteiger partial charge in [0.15, 0.2) is 11.6 Å². The highest BCUT2D eigenvalue weighted by molar-refractivity contribution is 6.24. The first-order chi connectivity index (χ1) is 32.0. The molecule has 9 aromatic carbocycles. The third-order valence-electron chi connectivity index (χ3n) is 13.6. The molecule has 0 saturated carbocycles. The smallest absolute Gasteiger partial charge is 0.238 e. The first-order valence-corrected chi connectivity index (χ1v) is 22.3. The lowest BCUT2D eigenvalue weighted by atomic mass is 9.80. The van der Waals surface area contributed by atoms with Crippen LogP contribution in [0.15, 0.2) is 212 Å². The molecule has 1 aliphatic carbocycles. The van der Waals surface area contributed by atoms with Crippen LogP contribution >= 0.6 is 0 Å². The van der Waals surface area contributed by atoms with E-state index < -0.39 is 0 Å². The van der Waals surface area contributed by atoms with Crippen LogP contribution in [0.3, 0.4) is 0 Å². The van der Waals surface area contributed by atoms with Crippen LogP contribution in [-0.4, -0.2) is 24.1 Å². The average Bonchev–Trinajstić information content (AvgIpc) is 3.97. The second kappa shape index (κ2) is 14.3. The van der Waals surface area contributed by atoms with Crippen molar-refractivity contribution in [3.8, 4) is 67.8 Å². The van der Waals surface area contributed by atoms with Crippen molar-refractivity contribution < 1.29 is 0 Å². The van der Waals surface area contributed by atoms with Crippen LogP contribution < -0.4 is 0 Å². The molecule has 0 unspecified atom stereocenters. The minimum Gasteiger partial charge on any atom is -0.306 e. The molecule has 65 heavy (non-hydrogen) atoms. The maximum Gasteiger partial charge on any atom is 0.238 e. The van der Waals surface area contributed by atoms with E-state index in [-0.39, 0.29) is 5.41 Å². The maximum atomic E-state index is 5.60. The van der Waals surface area contributed by atoms with Crippen LogP contribution in [0.5, 0.6) is 0 Å². The van der Waals surface area contributed by atoms with Crippen molar-refractivity contribution in [1.29, 1.82) is 0 Å². The van der Waals surface area contributed by atoms with Gasteiger partial charge in [-0.2, -0.15) is 9.97 Å². The second-order valence-corrected chi connectivity index (χ2v) is 17.5. The van der Waals surface area contributed by atoms with Gasteiger partial charge >= 0.3 is 0 Å². The van der Waals surface area contributed by atoms with Gasteiger partial charge in [-0.3, -0.25) is 4.57 Å². The van der Waals surface area contributed by atoms with Crippen LogP contribution in [-0.2, 0) is 5.41 Å². The number of hydrogen-bond donors (Lipinski definition) is 0. The van der Waals surface area contributed by atoms with Gasteiger partial charge in [-0.25, -0.2) is 4.98 Å². The molecule has 5 nitrogen and oxygen atoms in total. The number of aromatic nitrogens is 5. The van der Waals surface area contributed by atoms with Gasteiger partial charge in [0.1, 0.15) is 0 Å². The molecule has 0 spiro atoms. The zero-order valence-electron chi connectivity index (χ0n) is 35.9. The highest BCUT2D eigenvalue weighted by Gasteiger charge is 2.38. The molecule has 0 amide bonds. The highest BCUT2D eigenvalue weighted by Crippen LogP contribution is 2.52. The molecule has 3 aromatic heterocycles. The number of fused-ring (bicyclic) bond motifs is 10. The Morgan fingerprint density at radius 3 is 1.43 bits per heavy atom.